The van der Waals surface area contributed by atoms with Crippen molar-refractivity contribution in [3.63, 3.8) is 0 Å². The van der Waals surface area contributed by atoms with Crippen LogP contribution in [0.3, 0.4) is 0 Å². The summed E-state index contributed by atoms with van der Waals surface area (Å²) in [5.41, 5.74) is 2.36. The Bertz CT molecular complexity index is 845. The first-order chi connectivity index (χ1) is 11.1. The fraction of sp³-hybridized carbons (Fsp3) is 0.118. The molecule has 1 heterocycles. The lowest BCUT2D eigenvalue weighted by molar-refractivity contribution is 0.0947. The first-order valence-corrected chi connectivity index (χ1v) is 7.43. The molecule has 0 unspecified atom stereocenters. The highest BCUT2D eigenvalue weighted by Gasteiger charge is 2.12. The highest BCUT2D eigenvalue weighted by Crippen LogP contribution is 2.19. The maximum Gasteiger partial charge on any atom is 0.253 e. The molecule has 0 aliphatic rings. The minimum absolute atomic E-state index is 0.142. The number of carbonyl (C=O) groups is 1. The zero-order valence-corrected chi connectivity index (χ0v) is 13.2. The summed E-state index contributed by atoms with van der Waals surface area (Å²) in [5.74, 6) is 0.475. The molecule has 0 atom stereocenters. The van der Waals surface area contributed by atoms with Gasteiger partial charge in [0.2, 0.25) is 11.8 Å². The molecule has 0 aliphatic carbocycles. The van der Waals surface area contributed by atoms with Crippen LogP contribution in [0.5, 0.6) is 0 Å². The molecule has 23 heavy (non-hydrogen) atoms. The monoisotopic (exact) mass is 327 g/mol. The maximum atomic E-state index is 12.1. The first kappa shape index (κ1) is 15.2. The number of rotatable bonds is 4. The highest BCUT2D eigenvalue weighted by atomic mass is 35.5. The smallest absolute Gasteiger partial charge is 0.253 e. The van der Waals surface area contributed by atoms with Crippen LogP contribution in [0.1, 0.15) is 21.8 Å². The third-order valence-electron chi connectivity index (χ3n) is 3.25. The second-order valence-corrected chi connectivity index (χ2v) is 5.44. The molecule has 0 fully saturated rings. The molecule has 2 aromatic carbocycles. The zero-order valence-electron chi connectivity index (χ0n) is 12.4. The molecule has 1 N–H and O–H groups in total. The van der Waals surface area contributed by atoms with Crippen molar-refractivity contribution in [1.82, 2.24) is 15.5 Å². The van der Waals surface area contributed by atoms with E-state index in [1.54, 1.807) is 24.3 Å². The van der Waals surface area contributed by atoms with Gasteiger partial charge in [0, 0.05) is 5.56 Å². The molecule has 0 radical (unpaired) electrons. The summed E-state index contributed by atoms with van der Waals surface area (Å²) >= 11 is 5.99. The van der Waals surface area contributed by atoms with Gasteiger partial charge in [-0.25, -0.2) is 0 Å². The number of aryl methyl sites for hydroxylation is 1. The Kier molecular flexibility index (Phi) is 4.39. The lowest BCUT2D eigenvalue weighted by Crippen LogP contribution is -2.23. The van der Waals surface area contributed by atoms with Crippen LogP contribution >= 0.6 is 11.6 Å². The van der Waals surface area contributed by atoms with Crippen molar-refractivity contribution in [3.8, 4) is 11.5 Å². The van der Waals surface area contributed by atoms with Crippen molar-refractivity contribution in [2.45, 2.75) is 13.5 Å². The largest absolute Gasteiger partial charge is 0.419 e. The Morgan fingerprint density at radius 2 is 2.00 bits per heavy atom. The number of carbonyl (C=O) groups excluding carboxylic acids is 1. The molecule has 0 aliphatic heterocycles. The van der Waals surface area contributed by atoms with Crippen LogP contribution in [0.25, 0.3) is 11.5 Å². The van der Waals surface area contributed by atoms with E-state index < -0.39 is 0 Å². The predicted octanol–water partition coefficient (Wildman–Crippen LogP) is 3.63. The van der Waals surface area contributed by atoms with Gasteiger partial charge in [-0.2, -0.15) is 0 Å². The van der Waals surface area contributed by atoms with Gasteiger partial charge >= 0.3 is 0 Å². The molecule has 3 aromatic rings. The van der Waals surface area contributed by atoms with Crippen LogP contribution in [0.15, 0.2) is 52.9 Å². The van der Waals surface area contributed by atoms with Crippen LogP contribution in [-0.2, 0) is 6.54 Å². The van der Waals surface area contributed by atoms with E-state index in [0.29, 0.717) is 22.4 Å². The summed E-state index contributed by atoms with van der Waals surface area (Å²) in [6.07, 6.45) is 0. The molecule has 6 heteroatoms. The third kappa shape index (κ3) is 3.57. The van der Waals surface area contributed by atoms with Crippen molar-refractivity contribution in [1.29, 1.82) is 0 Å². The minimum Gasteiger partial charge on any atom is -0.419 e. The van der Waals surface area contributed by atoms with E-state index in [2.05, 4.69) is 15.5 Å². The van der Waals surface area contributed by atoms with E-state index in [4.69, 9.17) is 16.0 Å². The number of benzene rings is 2. The van der Waals surface area contributed by atoms with Crippen LogP contribution in [0, 0.1) is 6.92 Å². The molecule has 0 saturated carbocycles. The summed E-state index contributed by atoms with van der Waals surface area (Å²) in [6, 6.07) is 14.6. The van der Waals surface area contributed by atoms with Gasteiger partial charge in [-0.3, -0.25) is 4.79 Å². The average molecular weight is 328 g/mol. The Morgan fingerprint density at radius 3 is 2.78 bits per heavy atom. The fourth-order valence-corrected chi connectivity index (χ4v) is 2.34. The number of nitrogens with one attached hydrogen (secondary N) is 1. The van der Waals surface area contributed by atoms with Gasteiger partial charge in [0.05, 0.1) is 17.1 Å². The quantitative estimate of drug-likeness (QED) is 0.794. The second kappa shape index (κ2) is 6.62. The van der Waals surface area contributed by atoms with Crippen molar-refractivity contribution in [2.75, 3.05) is 0 Å². The second-order valence-electron chi connectivity index (χ2n) is 5.03. The summed E-state index contributed by atoms with van der Waals surface area (Å²) in [7, 11) is 0. The Morgan fingerprint density at radius 1 is 1.17 bits per heavy atom. The van der Waals surface area contributed by atoms with Gasteiger partial charge in [-0.05, 0) is 31.2 Å². The van der Waals surface area contributed by atoms with E-state index in [1.807, 2.05) is 31.2 Å². The molecular weight excluding hydrogens is 314 g/mol. The van der Waals surface area contributed by atoms with Gasteiger partial charge in [-0.1, -0.05) is 41.4 Å². The lowest BCUT2D eigenvalue weighted by atomic mass is 10.1. The Hall–Kier alpha value is -2.66. The van der Waals surface area contributed by atoms with Crippen molar-refractivity contribution >= 4 is 17.5 Å². The van der Waals surface area contributed by atoms with E-state index in [-0.39, 0.29) is 12.5 Å². The molecular formula is C17H14ClN3O2. The number of nitrogens with zero attached hydrogens (tertiary/aromatic N) is 2. The molecule has 0 spiro atoms. The van der Waals surface area contributed by atoms with E-state index in [0.717, 1.165) is 11.1 Å². The summed E-state index contributed by atoms with van der Waals surface area (Å²) < 4.78 is 5.57. The first-order valence-electron chi connectivity index (χ1n) is 7.05. The molecule has 0 saturated heterocycles. The average Bonchev–Trinajstić information content (AvgIpc) is 3.02. The van der Waals surface area contributed by atoms with E-state index in [1.165, 1.54) is 0 Å². The van der Waals surface area contributed by atoms with Crippen molar-refractivity contribution in [3.05, 3.63) is 70.6 Å². The zero-order chi connectivity index (χ0) is 16.2. The molecule has 0 bridgehead atoms. The van der Waals surface area contributed by atoms with Crippen LogP contribution < -0.4 is 5.32 Å². The Labute approximate surface area is 138 Å². The van der Waals surface area contributed by atoms with Gasteiger partial charge in [0.1, 0.15) is 0 Å². The summed E-state index contributed by atoms with van der Waals surface area (Å²) in [5, 5.41) is 11.1. The topological polar surface area (TPSA) is 68.0 Å². The lowest BCUT2D eigenvalue weighted by Gasteiger charge is -2.04. The molecule has 1 aromatic heterocycles. The third-order valence-corrected chi connectivity index (χ3v) is 3.58. The number of hydrogen-bond donors (Lipinski definition) is 1. The summed E-state index contributed by atoms with van der Waals surface area (Å²) in [6.45, 7) is 2.13. The predicted molar refractivity (Wildman–Crippen MR) is 87.1 cm³/mol. The standard InChI is InChI=1S/C17H14ClN3O2/c1-11-5-4-6-12(9-11)17-21-20-15(23-17)10-19-16(22)13-7-2-3-8-14(13)18/h2-9H,10H2,1H3,(H,19,22). The number of aromatic nitrogens is 2. The fourth-order valence-electron chi connectivity index (χ4n) is 2.12. The van der Waals surface area contributed by atoms with Crippen LogP contribution in [-0.4, -0.2) is 16.1 Å². The molecule has 116 valence electrons. The molecule has 3 rings (SSSR count). The normalized spacial score (nSPS) is 10.5. The highest BCUT2D eigenvalue weighted by molar-refractivity contribution is 6.33. The SMILES string of the molecule is Cc1cccc(-c2nnc(CNC(=O)c3ccccc3Cl)o2)c1. The van der Waals surface area contributed by atoms with Gasteiger partial charge < -0.3 is 9.73 Å². The van der Waals surface area contributed by atoms with Gasteiger partial charge in [0.15, 0.2) is 0 Å². The Balaban J connectivity index is 1.68. The number of amides is 1. The summed E-state index contributed by atoms with van der Waals surface area (Å²) in [4.78, 5) is 12.1. The van der Waals surface area contributed by atoms with Crippen molar-refractivity contribution < 1.29 is 9.21 Å². The van der Waals surface area contributed by atoms with Crippen LogP contribution in [0.4, 0.5) is 0 Å². The van der Waals surface area contributed by atoms with Crippen LogP contribution in [0.2, 0.25) is 5.02 Å². The van der Waals surface area contributed by atoms with E-state index in [9.17, 15) is 4.79 Å². The minimum atomic E-state index is -0.286. The van der Waals surface area contributed by atoms with Crippen molar-refractivity contribution in [2.24, 2.45) is 0 Å². The van der Waals surface area contributed by atoms with E-state index >= 15 is 0 Å². The number of hydrogen-bond acceptors (Lipinski definition) is 4. The maximum absolute atomic E-state index is 12.1. The van der Waals surface area contributed by atoms with Gasteiger partial charge in [-0.15, -0.1) is 10.2 Å². The molecule has 1 amide bonds. The van der Waals surface area contributed by atoms with Gasteiger partial charge in [0.25, 0.3) is 5.91 Å². The number of halogens is 1. The molecule has 5 nitrogen and oxygen atoms in total.